The standard InChI is InChI=1S/C10H14ClNO3S/c1-15-6-7-16(13,14)12-8-9-4-2-3-5-10(9)11/h2-5,12H,6-8H2,1H3. The molecule has 0 radical (unpaired) electrons. The first-order valence-corrected chi connectivity index (χ1v) is 6.78. The molecular weight excluding hydrogens is 250 g/mol. The summed E-state index contributed by atoms with van der Waals surface area (Å²) >= 11 is 5.90. The van der Waals surface area contributed by atoms with E-state index < -0.39 is 10.0 Å². The molecule has 0 aromatic heterocycles. The van der Waals surface area contributed by atoms with Crippen LogP contribution in [0.25, 0.3) is 0 Å². The van der Waals surface area contributed by atoms with Gasteiger partial charge in [0.15, 0.2) is 0 Å². The van der Waals surface area contributed by atoms with E-state index in [2.05, 4.69) is 4.72 Å². The smallest absolute Gasteiger partial charge is 0.214 e. The van der Waals surface area contributed by atoms with Gasteiger partial charge in [0.25, 0.3) is 0 Å². The molecule has 90 valence electrons. The molecule has 1 rings (SSSR count). The first kappa shape index (κ1) is 13.4. The van der Waals surface area contributed by atoms with E-state index in [0.29, 0.717) is 5.02 Å². The number of nitrogens with one attached hydrogen (secondary N) is 1. The Hall–Kier alpha value is -0.620. The van der Waals surface area contributed by atoms with Crippen LogP contribution in [0.15, 0.2) is 24.3 Å². The van der Waals surface area contributed by atoms with Crippen molar-refractivity contribution in [3.8, 4) is 0 Å². The zero-order valence-corrected chi connectivity index (χ0v) is 10.5. The fraction of sp³-hybridized carbons (Fsp3) is 0.400. The minimum Gasteiger partial charge on any atom is -0.384 e. The van der Waals surface area contributed by atoms with Crippen molar-refractivity contribution in [3.05, 3.63) is 34.9 Å². The Balaban J connectivity index is 2.55. The quantitative estimate of drug-likeness (QED) is 0.844. The lowest BCUT2D eigenvalue weighted by Gasteiger charge is -2.07. The average molecular weight is 264 g/mol. The highest BCUT2D eigenvalue weighted by atomic mass is 35.5. The summed E-state index contributed by atoms with van der Waals surface area (Å²) in [6.07, 6.45) is 0. The predicted molar refractivity (Wildman–Crippen MR) is 64.0 cm³/mol. The fourth-order valence-corrected chi connectivity index (χ4v) is 2.20. The Morgan fingerprint density at radius 2 is 2.06 bits per heavy atom. The molecule has 0 aliphatic rings. The second-order valence-electron chi connectivity index (χ2n) is 3.22. The van der Waals surface area contributed by atoms with E-state index in [1.807, 2.05) is 6.07 Å². The molecule has 1 aromatic carbocycles. The number of hydrogen-bond acceptors (Lipinski definition) is 3. The van der Waals surface area contributed by atoms with Gasteiger partial charge in [-0.15, -0.1) is 0 Å². The van der Waals surface area contributed by atoms with Gasteiger partial charge in [-0.05, 0) is 11.6 Å². The molecule has 0 spiro atoms. The Labute approximate surface area is 101 Å². The SMILES string of the molecule is COCCS(=O)(=O)NCc1ccccc1Cl. The summed E-state index contributed by atoms with van der Waals surface area (Å²) in [7, 11) is -1.83. The lowest BCUT2D eigenvalue weighted by atomic mass is 10.2. The zero-order valence-electron chi connectivity index (χ0n) is 8.94. The minimum absolute atomic E-state index is 0.0477. The number of benzene rings is 1. The van der Waals surface area contributed by atoms with Gasteiger partial charge in [0.1, 0.15) is 0 Å². The van der Waals surface area contributed by atoms with Crippen LogP contribution in [0, 0.1) is 0 Å². The van der Waals surface area contributed by atoms with Gasteiger partial charge >= 0.3 is 0 Å². The maximum Gasteiger partial charge on any atom is 0.214 e. The van der Waals surface area contributed by atoms with Gasteiger partial charge in [-0.2, -0.15) is 0 Å². The summed E-state index contributed by atoms with van der Waals surface area (Å²) in [5, 5.41) is 0.553. The van der Waals surface area contributed by atoms with Crippen LogP contribution in [0.1, 0.15) is 5.56 Å². The van der Waals surface area contributed by atoms with Crippen LogP contribution < -0.4 is 4.72 Å². The average Bonchev–Trinajstić information content (AvgIpc) is 2.26. The van der Waals surface area contributed by atoms with E-state index >= 15 is 0 Å². The maximum atomic E-state index is 11.4. The van der Waals surface area contributed by atoms with Gasteiger partial charge in [-0.3, -0.25) is 0 Å². The first-order chi connectivity index (χ1) is 7.55. The topological polar surface area (TPSA) is 55.4 Å². The second kappa shape index (κ2) is 6.20. The number of ether oxygens (including phenoxy) is 1. The number of halogens is 1. The third kappa shape index (κ3) is 4.49. The lowest BCUT2D eigenvalue weighted by Crippen LogP contribution is -2.27. The van der Waals surface area contributed by atoms with Gasteiger partial charge < -0.3 is 4.74 Å². The molecule has 16 heavy (non-hydrogen) atoms. The van der Waals surface area contributed by atoms with Gasteiger partial charge in [-0.1, -0.05) is 29.8 Å². The Kier molecular flexibility index (Phi) is 5.21. The molecule has 0 aliphatic heterocycles. The van der Waals surface area contributed by atoms with Crippen molar-refractivity contribution >= 4 is 21.6 Å². The molecular formula is C10H14ClNO3S. The molecule has 0 amide bonds. The highest BCUT2D eigenvalue weighted by Gasteiger charge is 2.10. The highest BCUT2D eigenvalue weighted by Crippen LogP contribution is 2.14. The molecule has 0 saturated carbocycles. The molecule has 4 nitrogen and oxygen atoms in total. The number of methoxy groups -OCH3 is 1. The largest absolute Gasteiger partial charge is 0.384 e. The third-order valence-corrected chi connectivity index (χ3v) is 3.65. The van der Waals surface area contributed by atoms with Crippen molar-refractivity contribution in [2.45, 2.75) is 6.54 Å². The van der Waals surface area contributed by atoms with E-state index in [-0.39, 0.29) is 18.9 Å². The van der Waals surface area contributed by atoms with Crippen molar-refractivity contribution < 1.29 is 13.2 Å². The molecule has 1 aromatic rings. The summed E-state index contributed by atoms with van der Waals surface area (Å²) in [6, 6.07) is 7.11. The van der Waals surface area contributed by atoms with Crippen LogP contribution in [0.5, 0.6) is 0 Å². The van der Waals surface area contributed by atoms with Gasteiger partial charge in [0, 0.05) is 18.7 Å². The summed E-state index contributed by atoms with van der Waals surface area (Å²) in [6.45, 7) is 0.379. The number of rotatable bonds is 6. The van der Waals surface area contributed by atoms with Crippen LogP contribution >= 0.6 is 11.6 Å². The zero-order chi connectivity index (χ0) is 12.0. The Morgan fingerprint density at radius 1 is 1.38 bits per heavy atom. The van der Waals surface area contributed by atoms with Crippen molar-refractivity contribution in [3.63, 3.8) is 0 Å². The molecule has 0 fully saturated rings. The molecule has 0 heterocycles. The van der Waals surface area contributed by atoms with Crippen molar-refractivity contribution in [1.29, 1.82) is 0 Å². The Bertz CT molecular complexity index is 433. The fourth-order valence-electron chi connectivity index (χ4n) is 1.09. The van der Waals surface area contributed by atoms with E-state index in [4.69, 9.17) is 16.3 Å². The third-order valence-electron chi connectivity index (χ3n) is 2.00. The van der Waals surface area contributed by atoms with Crippen molar-refractivity contribution in [1.82, 2.24) is 4.72 Å². The summed E-state index contributed by atoms with van der Waals surface area (Å²) < 4.78 is 30.0. The minimum atomic E-state index is -3.29. The Morgan fingerprint density at radius 3 is 2.69 bits per heavy atom. The van der Waals surface area contributed by atoms with Crippen LogP contribution in [0.4, 0.5) is 0 Å². The molecule has 0 bridgehead atoms. The van der Waals surface area contributed by atoms with E-state index in [1.165, 1.54) is 7.11 Å². The monoisotopic (exact) mass is 263 g/mol. The van der Waals surface area contributed by atoms with E-state index in [1.54, 1.807) is 18.2 Å². The van der Waals surface area contributed by atoms with Crippen LogP contribution in [0.2, 0.25) is 5.02 Å². The maximum absolute atomic E-state index is 11.4. The summed E-state index contributed by atoms with van der Waals surface area (Å²) in [5.41, 5.74) is 0.755. The summed E-state index contributed by atoms with van der Waals surface area (Å²) in [5.74, 6) is -0.0477. The molecule has 0 aliphatic carbocycles. The predicted octanol–water partition coefficient (Wildman–Crippen LogP) is 1.41. The molecule has 1 N–H and O–H groups in total. The highest BCUT2D eigenvalue weighted by molar-refractivity contribution is 7.89. The first-order valence-electron chi connectivity index (χ1n) is 4.75. The van der Waals surface area contributed by atoms with Crippen molar-refractivity contribution in [2.24, 2.45) is 0 Å². The van der Waals surface area contributed by atoms with Crippen molar-refractivity contribution in [2.75, 3.05) is 19.5 Å². The summed E-state index contributed by atoms with van der Waals surface area (Å²) in [4.78, 5) is 0. The van der Waals surface area contributed by atoms with E-state index in [9.17, 15) is 8.42 Å². The van der Waals surface area contributed by atoms with Crippen LogP contribution in [-0.2, 0) is 21.3 Å². The molecule has 0 saturated heterocycles. The van der Waals surface area contributed by atoms with Gasteiger partial charge in [-0.25, -0.2) is 13.1 Å². The molecule has 0 unspecified atom stereocenters. The normalized spacial score (nSPS) is 11.6. The van der Waals surface area contributed by atoms with Gasteiger partial charge in [0.2, 0.25) is 10.0 Å². The lowest BCUT2D eigenvalue weighted by molar-refractivity contribution is 0.217. The van der Waals surface area contributed by atoms with Gasteiger partial charge in [0.05, 0.1) is 12.4 Å². The number of hydrogen-bond donors (Lipinski definition) is 1. The molecule has 6 heteroatoms. The van der Waals surface area contributed by atoms with E-state index in [0.717, 1.165) is 5.56 Å². The van der Waals surface area contributed by atoms with Crippen LogP contribution in [-0.4, -0.2) is 27.9 Å². The second-order valence-corrected chi connectivity index (χ2v) is 5.56. The number of sulfonamides is 1. The molecule has 0 atom stereocenters. The van der Waals surface area contributed by atoms with Crippen LogP contribution in [0.3, 0.4) is 0 Å².